The van der Waals surface area contributed by atoms with E-state index in [2.05, 4.69) is 5.32 Å². The van der Waals surface area contributed by atoms with E-state index < -0.39 is 17.5 Å². The van der Waals surface area contributed by atoms with E-state index in [0.29, 0.717) is 10.6 Å². The summed E-state index contributed by atoms with van der Waals surface area (Å²) in [5.41, 5.74) is 1.83. The molecule has 0 saturated heterocycles. The van der Waals surface area contributed by atoms with Crippen LogP contribution in [0.25, 0.3) is 0 Å². The molecule has 0 aliphatic rings. The van der Waals surface area contributed by atoms with Crippen molar-refractivity contribution in [2.45, 2.75) is 19.6 Å². The summed E-state index contributed by atoms with van der Waals surface area (Å²) in [7, 11) is 0. The monoisotopic (exact) mass is 429 g/mol. The number of halogens is 3. The molecule has 0 saturated carbocycles. The molecular formula is C23H18ClF2NO3. The zero-order valence-electron chi connectivity index (χ0n) is 16.0. The second-order valence-corrected chi connectivity index (χ2v) is 7.12. The minimum absolute atomic E-state index is 0.126. The molecule has 154 valence electrons. The van der Waals surface area contributed by atoms with E-state index in [4.69, 9.17) is 16.3 Å². The maximum absolute atomic E-state index is 13.4. The molecule has 3 rings (SSSR count). The Kier molecular flexibility index (Phi) is 6.79. The fourth-order valence-corrected chi connectivity index (χ4v) is 3.05. The Morgan fingerprint density at radius 3 is 2.37 bits per heavy atom. The molecule has 0 radical (unpaired) electrons. The summed E-state index contributed by atoms with van der Waals surface area (Å²) in [5.74, 6) is -1.62. The number of benzene rings is 3. The van der Waals surface area contributed by atoms with Crippen molar-refractivity contribution in [3.05, 3.63) is 99.6 Å². The number of amides is 1. The quantitative estimate of drug-likeness (QED) is 0.504. The molecule has 4 nitrogen and oxygen atoms in total. The number of rotatable bonds is 7. The van der Waals surface area contributed by atoms with Crippen LogP contribution >= 0.6 is 11.6 Å². The van der Waals surface area contributed by atoms with Crippen LogP contribution < -0.4 is 10.1 Å². The number of ether oxygens (including phenoxy) is 1. The Balaban J connectivity index is 1.76. The average Bonchev–Trinajstić information content (AvgIpc) is 2.72. The molecule has 0 bridgehead atoms. The van der Waals surface area contributed by atoms with Gasteiger partial charge in [-0.15, -0.1) is 0 Å². The summed E-state index contributed by atoms with van der Waals surface area (Å²) in [6, 6.07) is 14.1. The molecule has 1 atom stereocenters. The van der Waals surface area contributed by atoms with Gasteiger partial charge in [0.25, 0.3) is 5.91 Å². The van der Waals surface area contributed by atoms with Gasteiger partial charge in [0, 0.05) is 16.7 Å². The van der Waals surface area contributed by atoms with Crippen LogP contribution in [0.3, 0.4) is 0 Å². The van der Waals surface area contributed by atoms with Gasteiger partial charge in [-0.3, -0.25) is 9.59 Å². The Bertz CT molecular complexity index is 1050. The van der Waals surface area contributed by atoms with Gasteiger partial charge >= 0.3 is 0 Å². The van der Waals surface area contributed by atoms with Crippen molar-refractivity contribution in [2.24, 2.45) is 0 Å². The zero-order valence-corrected chi connectivity index (χ0v) is 16.7. The first-order valence-electron chi connectivity index (χ1n) is 9.09. The van der Waals surface area contributed by atoms with Gasteiger partial charge in [-0.05, 0) is 48.4 Å². The first-order chi connectivity index (χ1) is 14.4. The number of hydrogen-bond acceptors (Lipinski definition) is 3. The third-order valence-electron chi connectivity index (χ3n) is 4.42. The Hall–Kier alpha value is -3.25. The van der Waals surface area contributed by atoms with Crippen LogP contribution in [0.5, 0.6) is 5.75 Å². The molecule has 0 fully saturated rings. The molecule has 30 heavy (non-hydrogen) atoms. The first kappa shape index (κ1) is 21.5. The highest BCUT2D eigenvalue weighted by molar-refractivity contribution is 6.31. The molecule has 7 heteroatoms. The normalized spacial score (nSPS) is 11.6. The van der Waals surface area contributed by atoms with E-state index in [0.717, 1.165) is 30.0 Å². The van der Waals surface area contributed by atoms with E-state index in [-0.39, 0.29) is 29.5 Å². The van der Waals surface area contributed by atoms with Gasteiger partial charge in [0.2, 0.25) is 0 Å². The molecule has 3 aromatic rings. The van der Waals surface area contributed by atoms with Crippen LogP contribution in [0, 0.1) is 11.6 Å². The maximum Gasteiger partial charge on any atom is 0.255 e. The van der Waals surface area contributed by atoms with E-state index >= 15 is 0 Å². The summed E-state index contributed by atoms with van der Waals surface area (Å²) >= 11 is 6.04. The summed E-state index contributed by atoms with van der Waals surface area (Å²) in [6.45, 7) is 1.67. The van der Waals surface area contributed by atoms with Crippen molar-refractivity contribution in [2.75, 3.05) is 0 Å². The average molecular weight is 430 g/mol. The lowest BCUT2D eigenvalue weighted by Crippen LogP contribution is -2.27. The fourth-order valence-electron chi connectivity index (χ4n) is 2.88. The smallest absolute Gasteiger partial charge is 0.255 e. The molecule has 0 aromatic heterocycles. The summed E-state index contributed by atoms with van der Waals surface area (Å²) in [6.07, 6.45) is 0.743. The number of carbonyl (C=O) groups is 2. The predicted molar refractivity (Wildman–Crippen MR) is 110 cm³/mol. The lowest BCUT2D eigenvalue weighted by atomic mass is 10.1. The summed E-state index contributed by atoms with van der Waals surface area (Å²) in [4.78, 5) is 23.6. The highest BCUT2D eigenvalue weighted by Gasteiger charge is 2.17. The molecule has 1 amide bonds. The minimum atomic E-state index is -0.711. The largest absolute Gasteiger partial charge is 0.488 e. The van der Waals surface area contributed by atoms with Gasteiger partial charge in [0.05, 0.1) is 11.6 Å². The Morgan fingerprint density at radius 2 is 1.73 bits per heavy atom. The van der Waals surface area contributed by atoms with Crippen LogP contribution in [-0.4, -0.2) is 12.2 Å². The topological polar surface area (TPSA) is 55.4 Å². The van der Waals surface area contributed by atoms with E-state index in [9.17, 15) is 18.4 Å². The lowest BCUT2D eigenvalue weighted by molar-refractivity contribution is 0.0935. The molecule has 3 aromatic carbocycles. The van der Waals surface area contributed by atoms with Crippen molar-refractivity contribution in [3.63, 3.8) is 0 Å². The number of hydrogen-bond donors (Lipinski definition) is 1. The standard InChI is InChI=1S/C23H18ClF2NO3/c1-14(17-4-2-15(12-28)3-5-17)27-23(29)21-10-18(24)6-7-22(21)30-13-16-8-19(25)11-20(26)9-16/h2-12,14H,13H2,1H3,(H,27,29)/t14-/m0/s1. The molecule has 1 N–H and O–H groups in total. The molecule has 0 heterocycles. The van der Waals surface area contributed by atoms with Crippen molar-refractivity contribution in [3.8, 4) is 5.75 Å². The third kappa shape index (κ3) is 5.42. The Morgan fingerprint density at radius 1 is 1.07 bits per heavy atom. The van der Waals surface area contributed by atoms with Crippen LogP contribution in [-0.2, 0) is 6.61 Å². The molecule has 0 unspecified atom stereocenters. The highest BCUT2D eigenvalue weighted by atomic mass is 35.5. The van der Waals surface area contributed by atoms with E-state index in [1.165, 1.54) is 12.1 Å². The van der Waals surface area contributed by atoms with Gasteiger partial charge in [-0.1, -0.05) is 35.9 Å². The fraction of sp³-hybridized carbons (Fsp3) is 0.130. The van der Waals surface area contributed by atoms with E-state index in [1.54, 1.807) is 37.3 Å². The van der Waals surface area contributed by atoms with Crippen molar-refractivity contribution < 1.29 is 23.1 Å². The third-order valence-corrected chi connectivity index (χ3v) is 4.66. The minimum Gasteiger partial charge on any atom is -0.488 e. The number of carbonyl (C=O) groups excluding carboxylic acids is 2. The highest BCUT2D eigenvalue weighted by Crippen LogP contribution is 2.25. The molecule has 0 aliphatic carbocycles. The van der Waals surface area contributed by atoms with Gasteiger partial charge in [0.1, 0.15) is 30.3 Å². The summed E-state index contributed by atoms with van der Waals surface area (Å²) < 4.78 is 32.4. The molecule has 0 aliphatic heterocycles. The number of nitrogens with one attached hydrogen (secondary N) is 1. The lowest BCUT2D eigenvalue weighted by Gasteiger charge is -2.17. The van der Waals surface area contributed by atoms with Crippen LogP contribution in [0.4, 0.5) is 8.78 Å². The zero-order chi connectivity index (χ0) is 21.7. The second-order valence-electron chi connectivity index (χ2n) is 6.69. The van der Waals surface area contributed by atoms with Gasteiger partial charge in [-0.2, -0.15) is 0 Å². The Labute approximate surface area is 177 Å². The van der Waals surface area contributed by atoms with Crippen LogP contribution in [0.2, 0.25) is 5.02 Å². The van der Waals surface area contributed by atoms with Crippen LogP contribution in [0.15, 0.2) is 60.7 Å². The second kappa shape index (κ2) is 9.50. The maximum atomic E-state index is 13.4. The molecule has 0 spiro atoms. The SMILES string of the molecule is C[C@H](NC(=O)c1cc(Cl)ccc1OCc1cc(F)cc(F)c1)c1ccc(C=O)cc1. The number of aldehydes is 1. The predicted octanol–water partition coefficient (Wildman–Crippen LogP) is 5.50. The van der Waals surface area contributed by atoms with Gasteiger partial charge in [-0.25, -0.2) is 8.78 Å². The van der Waals surface area contributed by atoms with Gasteiger partial charge < -0.3 is 10.1 Å². The van der Waals surface area contributed by atoms with E-state index in [1.807, 2.05) is 0 Å². The van der Waals surface area contributed by atoms with Crippen molar-refractivity contribution >= 4 is 23.8 Å². The van der Waals surface area contributed by atoms with Crippen molar-refractivity contribution in [1.29, 1.82) is 0 Å². The summed E-state index contributed by atoms with van der Waals surface area (Å²) in [5, 5.41) is 3.19. The van der Waals surface area contributed by atoms with Crippen LogP contribution in [0.1, 0.15) is 44.8 Å². The first-order valence-corrected chi connectivity index (χ1v) is 9.47. The van der Waals surface area contributed by atoms with Gasteiger partial charge in [0.15, 0.2) is 0 Å². The van der Waals surface area contributed by atoms with Crippen molar-refractivity contribution in [1.82, 2.24) is 5.32 Å². The molecular weight excluding hydrogens is 412 g/mol.